The Bertz CT molecular complexity index is 582. The van der Waals surface area contributed by atoms with Crippen molar-refractivity contribution in [2.45, 2.75) is 18.8 Å². The van der Waals surface area contributed by atoms with Crippen LogP contribution in [-0.4, -0.2) is 46.2 Å². The number of anilines is 2. The summed E-state index contributed by atoms with van der Waals surface area (Å²) in [6, 6.07) is 10.0. The Labute approximate surface area is 131 Å². The number of aliphatic hydroxyl groups excluding tert-OH is 1. The minimum atomic E-state index is 0.248. The molecule has 1 aliphatic rings. The summed E-state index contributed by atoms with van der Waals surface area (Å²) in [4.78, 5) is 11.0. The van der Waals surface area contributed by atoms with Crippen LogP contribution in [0, 0.1) is 0 Å². The van der Waals surface area contributed by atoms with E-state index in [1.54, 1.807) is 6.20 Å². The van der Waals surface area contributed by atoms with Crippen LogP contribution in [0.15, 0.2) is 42.7 Å². The third kappa shape index (κ3) is 3.81. The van der Waals surface area contributed by atoms with Gasteiger partial charge in [-0.2, -0.15) is 0 Å². The fraction of sp³-hybridized carbons (Fsp3) is 0.412. The van der Waals surface area contributed by atoms with Gasteiger partial charge in [0.25, 0.3) is 0 Å². The number of likely N-dealkylation sites (tertiary alicyclic amines) is 1. The highest BCUT2D eigenvalue weighted by Gasteiger charge is 2.20. The quantitative estimate of drug-likeness (QED) is 0.887. The van der Waals surface area contributed by atoms with Crippen molar-refractivity contribution in [3.05, 3.63) is 48.3 Å². The minimum Gasteiger partial charge on any atom is -0.395 e. The molecule has 0 aromatic carbocycles. The lowest BCUT2D eigenvalue weighted by atomic mass is 9.90. The van der Waals surface area contributed by atoms with E-state index in [9.17, 15) is 0 Å². The van der Waals surface area contributed by atoms with Gasteiger partial charge in [-0.1, -0.05) is 6.07 Å². The van der Waals surface area contributed by atoms with Crippen LogP contribution in [0.25, 0.3) is 0 Å². The Morgan fingerprint density at radius 1 is 1.09 bits per heavy atom. The second kappa shape index (κ2) is 7.33. The van der Waals surface area contributed by atoms with Crippen LogP contribution >= 0.6 is 0 Å². The molecular formula is C17H22N4O. The summed E-state index contributed by atoms with van der Waals surface area (Å²) in [6.07, 6.45) is 5.89. The molecule has 0 atom stereocenters. The SMILES string of the molecule is OCCN1CCC(c2ccnc(Nc3ccccn3)c2)CC1. The van der Waals surface area contributed by atoms with Gasteiger partial charge in [0.1, 0.15) is 11.6 Å². The first kappa shape index (κ1) is 14.9. The maximum atomic E-state index is 9.01. The average Bonchev–Trinajstić information content (AvgIpc) is 2.57. The van der Waals surface area contributed by atoms with Gasteiger partial charge in [0, 0.05) is 18.9 Å². The lowest BCUT2D eigenvalue weighted by molar-refractivity contribution is 0.164. The highest BCUT2D eigenvalue weighted by molar-refractivity contribution is 5.52. The minimum absolute atomic E-state index is 0.248. The van der Waals surface area contributed by atoms with Gasteiger partial charge in [-0.15, -0.1) is 0 Å². The standard InChI is InChI=1S/C17H22N4O/c22-12-11-21-9-5-14(6-10-21)15-4-8-19-17(13-15)20-16-3-1-2-7-18-16/h1-4,7-8,13-14,22H,5-6,9-12H2,(H,18,19,20). The second-order valence-electron chi connectivity index (χ2n) is 5.65. The number of pyridine rings is 2. The maximum Gasteiger partial charge on any atom is 0.131 e. The lowest BCUT2D eigenvalue weighted by Crippen LogP contribution is -2.34. The van der Waals surface area contributed by atoms with Gasteiger partial charge in [0.15, 0.2) is 0 Å². The van der Waals surface area contributed by atoms with E-state index in [1.165, 1.54) is 5.56 Å². The van der Waals surface area contributed by atoms with Crippen molar-refractivity contribution < 1.29 is 5.11 Å². The number of nitrogens with one attached hydrogen (secondary N) is 1. The fourth-order valence-corrected chi connectivity index (χ4v) is 2.97. The van der Waals surface area contributed by atoms with E-state index >= 15 is 0 Å². The van der Waals surface area contributed by atoms with Crippen molar-refractivity contribution in [2.75, 3.05) is 31.6 Å². The van der Waals surface area contributed by atoms with Crippen LogP contribution in [0.3, 0.4) is 0 Å². The predicted molar refractivity (Wildman–Crippen MR) is 87.3 cm³/mol. The molecular weight excluding hydrogens is 276 g/mol. The third-order valence-electron chi connectivity index (χ3n) is 4.18. The van der Waals surface area contributed by atoms with Crippen LogP contribution in [0.1, 0.15) is 24.3 Å². The number of nitrogens with zero attached hydrogens (tertiary/aromatic N) is 3. The zero-order valence-corrected chi connectivity index (χ0v) is 12.7. The maximum absolute atomic E-state index is 9.01. The average molecular weight is 298 g/mol. The van der Waals surface area contributed by atoms with Crippen LogP contribution in [-0.2, 0) is 0 Å². The van der Waals surface area contributed by atoms with Crippen molar-refractivity contribution in [3.63, 3.8) is 0 Å². The number of hydrogen-bond acceptors (Lipinski definition) is 5. The van der Waals surface area contributed by atoms with Crippen LogP contribution in [0.2, 0.25) is 0 Å². The van der Waals surface area contributed by atoms with Crippen LogP contribution in [0.5, 0.6) is 0 Å². The fourth-order valence-electron chi connectivity index (χ4n) is 2.97. The highest BCUT2D eigenvalue weighted by Crippen LogP contribution is 2.29. The number of β-amino-alcohol motifs (C(OH)–C–C–N with tert-alkyl or cyclic N) is 1. The predicted octanol–water partition coefficient (Wildman–Crippen LogP) is 2.39. The van der Waals surface area contributed by atoms with Gasteiger partial charge in [-0.25, -0.2) is 9.97 Å². The first-order valence-electron chi connectivity index (χ1n) is 7.82. The molecule has 2 aromatic heterocycles. The van der Waals surface area contributed by atoms with Gasteiger partial charge in [-0.3, -0.25) is 0 Å². The van der Waals surface area contributed by atoms with E-state index < -0.39 is 0 Å². The number of rotatable bonds is 5. The Morgan fingerprint density at radius 2 is 1.91 bits per heavy atom. The molecule has 5 heteroatoms. The third-order valence-corrected chi connectivity index (χ3v) is 4.18. The molecule has 0 amide bonds. The van der Waals surface area contributed by atoms with Crippen molar-refractivity contribution in [2.24, 2.45) is 0 Å². The number of aromatic nitrogens is 2. The highest BCUT2D eigenvalue weighted by atomic mass is 16.3. The Kier molecular flexibility index (Phi) is 4.98. The Hall–Kier alpha value is -1.98. The molecule has 116 valence electrons. The van der Waals surface area contributed by atoms with Gasteiger partial charge in [0.05, 0.1) is 6.61 Å². The molecule has 0 bridgehead atoms. The van der Waals surface area contributed by atoms with E-state index in [0.29, 0.717) is 5.92 Å². The molecule has 0 spiro atoms. The topological polar surface area (TPSA) is 61.3 Å². The molecule has 5 nitrogen and oxygen atoms in total. The molecule has 0 aliphatic carbocycles. The number of piperidine rings is 1. The molecule has 1 saturated heterocycles. The van der Waals surface area contributed by atoms with Gasteiger partial charge in [-0.05, 0) is 61.7 Å². The molecule has 1 fully saturated rings. The molecule has 3 rings (SSSR count). The smallest absolute Gasteiger partial charge is 0.131 e. The summed E-state index contributed by atoms with van der Waals surface area (Å²) >= 11 is 0. The van der Waals surface area contributed by atoms with E-state index in [0.717, 1.165) is 44.1 Å². The summed E-state index contributed by atoms with van der Waals surface area (Å²) < 4.78 is 0. The second-order valence-corrected chi connectivity index (χ2v) is 5.65. The van der Waals surface area contributed by atoms with Crippen LogP contribution < -0.4 is 5.32 Å². The lowest BCUT2D eigenvalue weighted by Gasteiger charge is -2.31. The molecule has 0 radical (unpaired) electrons. The zero-order chi connectivity index (χ0) is 15.2. The molecule has 22 heavy (non-hydrogen) atoms. The van der Waals surface area contributed by atoms with E-state index in [-0.39, 0.29) is 6.61 Å². The molecule has 3 heterocycles. The van der Waals surface area contributed by atoms with Gasteiger partial charge in [0.2, 0.25) is 0 Å². The first-order valence-corrected chi connectivity index (χ1v) is 7.82. The summed E-state index contributed by atoms with van der Waals surface area (Å²) in [7, 11) is 0. The van der Waals surface area contributed by atoms with Crippen molar-refractivity contribution in [3.8, 4) is 0 Å². The molecule has 2 N–H and O–H groups in total. The Balaban J connectivity index is 1.64. The van der Waals surface area contributed by atoms with Gasteiger partial charge < -0.3 is 15.3 Å². The summed E-state index contributed by atoms with van der Waals surface area (Å²) in [5.74, 6) is 2.22. The van der Waals surface area contributed by atoms with Gasteiger partial charge >= 0.3 is 0 Å². The summed E-state index contributed by atoms with van der Waals surface area (Å²) in [5, 5.41) is 12.3. The monoisotopic (exact) mass is 298 g/mol. The van der Waals surface area contributed by atoms with E-state index in [2.05, 4.69) is 32.3 Å². The van der Waals surface area contributed by atoms with Crippen molar-refractivity contribution in [1.29, 1.82) is 0 Å². The normalized spacial score (nSPS) is 16.6. The summed E-state index contributed by atoms with van der Waals surface area (Å²) in [6.45, 7) is 3.14. The number of aliphatic hydroxyl groups is 1. The number of hydrogen-bond donors (Lipinski definition) is 2. The zero-order valence-electron chi connectivity index (χ0n) is 12.7. The van der Waals surface area contributed by atoms with Crippen LogP contribution in [0.4, 0.5) is 11.6 Å². The first-order chi connectivity index (χ1) is 10.8. The molecule has 0 saturated carbocycles. The van der Waals surface area contributed by atoms with E-state index in [1.807, 2.05) is 24.4 Å². The summed E-state index contributed by atoms with van der Waals surface area (Å²) in [5.41, 5.74) is 1.33. The molecule has 1 aliphatic heterocycles. The molecule has 0 unspecified atom stereocenters. The van der Waals surface area contributed by atoms with E-state index in [4.69, 9.17) is 5.11 Å². The largest absolute Gasteiger partial charge is 0.395 e. The Morgan fingerprint density at radius 3 is 2.64 bits per heavy atom. The van der Waals surface area contributed by atoms with Crippen molar-refractivity contribution in [1.82, 2.24) is 14.9 Å². The van der Waals surface area contributed by atoms with Crippen molar-refractivity contribution >= 4 is 11.6 Å². The molecule has 2 aromatic rings.